The van der Waals surface area contributed by atoms with Crippen molar-refractivity contribution >= 4 is 5.78 Å². The Morgan fingerprint density at radius 1 is 0.767 bits per heavy atom. The summed E-state index contributed by atoms with van der Waals surface area (Å²) in [6.45, 7) is 2.38. The van der Waals surface area contributed by atoms with Crippen LogP contribution in [0.25, 0.3) is 11.1 Å². The van der Waals surface area contributed by atoms with E-state index < -0.39 is 0 Å². The number of benzene rings is 3. The molecule has 0 spiro atoms. The molecular formula is C27H27NO2. The Morgan fingerprint density at radius 3 is 1.97 bits per heavy atom. The van der Waals surface area contributed by atoms with E-state index in [1.54, 1.807) is 0 Å². The third-order valence-corrected chi connectivity index (χ3v) is 6.53. The van der Waals surface area contributed by atoms with Gasteiger partial charge in [0, 0.05) is 30.1 Å². The fourth-order valence-electron chi connectivity index (χ4n) is 4.95. The van der Waals surface area contributed by atoms with Gasteiger partial charge in [0.15, 0.2) is 5.78 Å². The maximum Gasteiger partial charge on any atom is 0.166 e. The Labute approximate surface area is 178 Å². The Kier molecular flexibility index (Phi) is 5.48. The number of Topliss-reactive ketones (excluding diaryl/α,β-unsaturated/α-hetero) is 1. The van der Waals surface area contributed by atoms with Gasteiger partial charge in [0.05, 0.1) is 13.2 Å². The second-order valence-electron chi connectivity index (χ2n) is 8.48. The Morgan fingerprint density at radius 2 is 1.33 bits per heavy atom. The smallest absolute Gasteiger partial charge is 0.166 e. The van der Waals surface area contributed by atoms with E-state index in [4.69, 9.17) is 4.74 Å². The van der Waals surface area contributed by atoms with E-state index in [0.29, 0.717) is 12.1 Å². The van der Waals surface area contributed by atoms with Crippen LogP contribution in [0.15, 0.2) is 84.9 Å². The van der Waals surface area contributed by atoms with Gasteiger partial charge in [0.25, 0.3) is 0 Å². The third kappa shape index (κ3) is 3.96. The molecule has 5 rings (SSSR count). The van der Waals surface area contributed by atoms with Gasteiger partial charge in [0.1, 0.15) is 0 Å². The fraction of sp³-hybridized carbons (Fsp3) is 0.296. The topological polar surface area (TPSA) is 29.5 Å². The number of carbonyl (C=O) groups excluding carboxylic acids is 1. The van der Waals surface area contributed by atoms with Crippen LogP contribution in [0.3, 0.4) is 0 Å². The van der Waals surface area contributed by atoms with E-state index in [1.165, 1.54) is 11.1 Å². The van der Waals surface area contributed by atoms with Crippen LogP contribution in [0, 0.1) is 5.92 Å². The van der Waals surface area contributed by atoms with Crippen molar-refractivity contribution in [2.24, 2.45) is 5.92 Å². The van der Waals surface area contributed by atoms with Crippen LogP contribution in [0.5, 0.6) is 0 Å². The highest BCUT2D eigenvalue weighted by Crippen LogP contribution is 2.35. The molecule has 2 bridgehead atoms. The Hall–Kier alpha value is -2.75. The first-order chi connectivity index (χ1) is 14.8. The summed E-state index contributed by atoms with van der Waals surface area (Å²) in [4.78, 5) is 15.8. The molecule has 2 aliphatic heterocycles. The van der Waals surface area contributed by atoms with Gasteiger partial charge in [-0.15, -0.1) is 0 Å². The van der Waals surface area contributed by atoms with Crippen molar-refractivity contribution < 1.29 is 9.53 Å². The van der Waals surface area contributed by atoms with E-state index in [0.717, 1.165) is 43.7 Å². The van der Waals surface area contributed by atoms with E-state index in [-0.39, 0.29) is 11.7 Å². The summed E-state index contributed by atoms with van der Waals surface area (Å²) in [5.74, 6) is 0.365. The second-order valence-corrected chi connectivity index (χ2v) is 8.48. The van der Waals surface area contributed by atoms with Gasteiger partial charge in [-0.3, -0.25) is 9.69 Å². The molecule has 0 radical (unpaired) electrons. The summed E-state index contributed by atoms with van der Waals surface area (Å²) < 4.78 is 5.85. The zero-order chi connectivity index (χ0) is 20.3. The summed E-state index contributed by atoms with van der Waals surface area (Å²) in [6, 6.07) is 29.7. The molecule has 30 heavy (non-hydrogen) atoms. The predicted molar refractivity (Wildman–Crippen MR) is 119 cm³/mol. The molecule has 152 valence electrons. The minimum atomic E-state index is 0.0819. The molecule has 0 amide bonds. The summed E-state index contributed by atoms with van der Waals surface area (Å²) in [5.41, 5.74) is 4.48. The highest BCUT2D eigenvalue weighted by atomic mass is 16.5. The molecule has 2 unspecified atom stereocenters. The second kappa shape index (κ2) is 8.55. The van der Waals surface area contributed by atoms with E-state index >= 15 is 0 Å². The molecule has 2 aliphatic rings. The van der Waals surface area contributed by atoms with Crippen molar-refractivity contribution in [1.29, 1.82) is 0 Å². The zero-order valence-corrected chi connectivity index (χ0v) is 17.1. The first-order valence-electron chi connectivity index (χ1n) is 10.8. The Bertz CT molecular complexity index is 970. The van der Waals surface area contributed by atoms with E-state index in [1.807, 2.05) is 30.3 Å². The first kappa shape index (κ1) is 19.2. The molecule has 3 aromatic rings. The van der Waals surface area contributed by atoms with Gasteiger partial charge in [-0.05, 0) is 29.5 Å². The van der Waals surface area contributed by atoms with Crippen LogP contribution in [-0.2, 0) is 11.3 Å². The van der Waals surface area contributed by atoms with Crippen LogP contribution in [0.1, 0.15) is 28.8 Å². The number of fused-ring (bicyclic) bond motifs is 2. The number of morpholine rings is 1. The largest absolute Gasteiger partial charge is 0.378 e. The lowest BCUT2D eigenvalue weighted by Gasteiger charge is -2.48. The first-order valence-corrected chi connectivity index (χ1v) is 10.8. The average Bonchev–Trinajstić information content (AvgIpc) is 2.80. The van der Waals surface area contributed by atoms with Gasteiger partial charge in [-0.25, -0.2) is 0 Å². The van der Waals surface area contributed by atoms with Gasteiger partial charge in [-0.1, -0.05) is 84.9 Å². The number of hydrogen-bond acceptors (Lipinski definition) is 3. The lowest BCUT2D eigenvalue weighted by atomic mass is 9.80. The standard InChI is InChI=1S/C27H27NO2/c29-27(23-13-11-22(12-14-23)21-9-5-2-6-10-21)24-15-25-18-30-19-26(16-24)28(25)17-20-7-3-1-4-8-20/h1-14,24-26H,15-19H2. The number of hydrogen-bond donors (Lipinski definition) is 0. The molecule has 2 heterocycles. The van der Waals surface area contributed by atoms with Crippen molar-refractivity contribution in [1.82, 2.24) is 4.90 Å². The van der Waals surface area contributed by atoms with Crippen LogP contribution < -0.4 is 0 Å². The normalized spacial score (nSPS) is 23.8. The summed E-state index contributed by atoms with van der Waals surface area (Å²) in [7, 11) is 0. The highest BCUT2D eigenvalue weighted by Gasteiger charge is 2.41. The highest BCUT2D eigenvalue weighted by molar-refractivity contribution is 5.98. The zero-order valence-electron chi connectivity index (χ0n) is 17.1. The molecular weight excluding hydrogens is 370 g/mol. The lowest BCUT2D eigenvalue weighted by Crippen LogP contribution is -2.57. The third-order valence-electron chi connectivity index (χ3n) is 6.53. The molecule has 3 nitrogen and oxygen atoms in total. The number of ether oxygens (including phenoxy) is 1. The molecule has 3 aromatic carbocycles. The van der Waals surface area contributed by atoms with Crippen molar-refractivity contribution in [2.75, 3.05) is 13.2 Å². The maximum absolute atomic E-state index is 13.3. The van der Waals surface area contributed by atoms with Crippen LogP contribution in [0.2, 0.25) is 0 Å². The fourth-order valence-corrected chi connectivity index (χ4v) is 4.95. The molecule has 2 saturated heterocycles. The summed E-state index contributed by atoms with van der Waals surface area (Å²) >= 11 is 0. The van der Waals surface area contributed by atoms with Crippen molar-refractivity contribution in [2.45, 2.75) is 31.5 Å². The number of ketones is 1. The molecule has 0 aromatic heterocycles. The van der Waals surface area contributed by atoms with Crippen molar-refractivity contribution in [3.8, 4) is 11.1 Å². The van der Waals surface area contributed by atoms with E-state index in [9.17, 15) is 4.79 Å². The quantitative estimate of drug-likeness (QED) is 0.553. The Balaban J connectivity index is 1.29. The predicted octanol–water partition coefficient (Wildman–Crippen LogP) is 5.22. The van der Waals surface area contributed by atoms with Crippen LogP contribution in [-0.4, -0.2) is 36.0 Å². The molecule has 3 heteroatoms. The number of nitrogens with zero attached hydrogens (tertiary/aromatic N) is 1. The minimum absolute atomic E-state index is 0.0819. The maximum atomic E-state index is 13.3. The molecule has 2 atom stereocenters. The molecule has 0 aliphatic carbocycles. The summed E-state index contributed by atoms with van der Waals surface area (Å²) in [5, 5.41) is 0. The monoisotopic (exact) mass is 397 g/mol. The number of piperidine rings is 1. The van der Waals surface area contributed by atoms with Gasteiger partial charge < -0.3 is 4.74 Å². The van der Waals surface area contributed by atoms with Gasteiger partial charge in [0.2, 0.25) is 0 Å². The molecule has 2 fully saturated rings. The molecule has 0 saturated carbocycles. The van der Waals surface area contributed by atoms with Crippen LogP contribution >= 0.6 is 0 Å². The van der Waals surface area contributed by atoms with Crippen molar-refractivity contribution in [3.63, 3.8) is 0 Å². The molecule has 0 N–H and O–H groups in total. The lowest BCUT2D eigenvalue weighted by molar-refractivity contribution is -0.0872. The van der Waals surface area contributed by atoms with Gasteiger partial charge >= 0.3 is 0 Å². The summed E-state index contributed by atoms with van der Waals surface area (Å²) in [6.07, 6.45) is 1.76. The SMILES string of the molecule is O=C(c1ccc(-c2ccccc2)cc1)C1CC2COCC(C1)N2Cc1ccccc1. The minimum Gasteiger partial charge on any atom is -0.378 e. The van der Waals surface area contributed by atoms with E-state index in [2.05, 4.69) is 59.5 Å². The van der Waals surface area contributed by atoms with Gasteiger partial charge in [-0.2, -0.15) is 0 Å². The average molecular weight is 398 g/mol. The number of rotatable bonds is 5. The number of carbonyl (C=O) groups is 1. The van der Waals surface area contributed by atoms with Crippen LogP contribution in [0.4, 0.5) is 0 Å². The van der Waals surface area contributed by atoms with Crippen molar-refractivity contribution in [3.05, 3.63) is 96.1 Å².